The molecule has 0 aliphatic carbocycles. The average Bonchev–Trinajstić information content (AvgIpc) is 1.91. The van der Waals surface area contributed by atoms with Crippen molar-refractivity contribution in [1.29, 1.82) is 0 Å². The maximum absolute atomic E-state index is 5.38. The van der Waals surface area contributed by atoms with E-state index in [0.717, 1.165) is 19.4 Å². The maximum Gasteiger partial charge on any atom is 0.0919 e. The standard InChI is InChI=1S/C8H14O/c1-2-5-8-6-3-4-7-9-8/h5H,2-4,6-7H2,1H3/b8-5-. The molecule has 0 aromatic rings. The van der Waals surface area contributed by atoms with Gasteiger partial charge in [-0.1, -0.05) is 6.92 Å². The van der Waals surface area contributed by atoms with Crippen LogP contribution in [0, 0.1) is 0 Å². The number of rotatable bonds is 1. The van der Waals surface area contributed by atoms with Crippen molar-refractivity contribution in [3.05, 3.63) is 11.8 Å². The van der Waals surface area contributed by atoms with Crippen molar-refractivity contribution < 1.29 is 4.74 Å². The van der Waals surface area contributed by atoms with Gasteiger partial charge in [0.1, 0.15) is 0 Å². The van der Waals surface area contributed by atoms with Crippen molar-refractivity contribution in [3.63, 3.8) is 0 Å². The number of ether oxygens (including phenoxy) is 1. The van der Waals surface area contributed by atoms with Crippen LogP contribution in [-0.2, 0) is 4.74 Å². The van der Waals surface area contributed by atoms with E-state index in [2.05, 4.69) is 13.0 Å². The van der Waals surface area contributed by atoms with Crippen LogP contribution in [0.3, 0.4) is 0 Å². The Hall–Kier alpha value is -0.460. The van der Waals surface area contributed by atoms with Crippen molar-refractivity contribution in [2.75, 3.05) is 6.61 Å². The molecule has 52 valence electrons. The van der Waals surface area contributed by atoms with E-state index in [9.17, 15) is 0 Å². The summed E-state index contributed by atoms with van der Waals surface area (Å²) in [6.07, 6.45) is 7.00. The van der Waals surface area contributed by atoms with Gasteiger partial charge in [-0.25, -0.2) is 0 Å². The summed E-state index contributed by atoms with van der Waals surface area (Å²) in [4.78, 5) is 0. The fraction of sp³-hybridized carbons (Fsp3) is 0.750. The third kappa shape index (κ3) is 2.08. The molecule has 0 bridgehead atoms. The Morgan fingerprint density at radius 1 is 1.56 bits per heavy atom. The van der Waals surface area contributed by atoms with E-state index in [1.807, 2.05) is 0 Å². The molecule has 1 heteroatoms. The van der Waals surface area contributed by atoms with Crippen LogP contribution < -0.4 is 0 Å². The van der Waals surface area contributed by atoms with Crippen LogP contribution in [-0.4, -0.2) is 6.61 Å². The van der Waals surface area contributed by atoms with Crippen LogP contribution >= 0.6 is 0 Å². The Bertz CT molecular complexity index is 97.1. The normalized spacial score (nSPS) is 23.9. The first-order valence-electron chi connectivity index (χ1n) is 3.75. The summed E-state index contributed by atoms with van der Waals surface area (Å²) < 4.78 is 5.38. The third-order valence-electron chi connectivity index (χ3n) is 1.54. The van der Waals surface area contributed by atoms with Crippen molar-refractivity contribution in [3.8, 4) is 0 Å². The molecule has 0 atom stereocenters. The molecule has 0 aromatic carbocycles. The molecule has 1 fully saturated rings. The van der Waals surface area contributed by atoms with Crippen LogP contribution in [0.4, 0.5) is 0 Å². The molecule has 0 unspecified atom stereocenters. The summed E-state index contributed by atoms with van der Waals surface area (Å²) in [5.74, 6) is 1.21. The van der Waals surface area contributed by atoms with E-state index < -0.39 is 0 Å². The molecule has 0 saturated carbocycles. The highest BCUT2D eigenvalue weighted by molar-refractivity contribution is 4.93. The van der Waals surface area contributed by atoms with Gasteiger partial charge in [0.2, 0.25) is 0 Å². The lowest BCUT2D eigenvalue weighted by atomic mass is 10.1. The first-order valence-corrected chi connectivity index (χ1v) is 3.75. The predicted molar refractivity (Wildman–Crippen MR) is 38.2 cm³/mol. The molecule has 1 saturated heterocycles. The zero-order chi connectivity index (χ0) is 6.53. The quantitative estimate of drug-likeness (QED) is 0.524. The minimum Gasteiger partial charge on any atom is -0.498 e. The lowest BCUT2D eigenvalue weighted by Crippen LogP contribution is -2.02. The Balaban J connectivity index is 2.30. The van der Waals surface area contributed by atoms with E-state index in [1.165, 1.54) is 18.6 Å². The Labute approximate surface area is 56.7 Å². The highest BCUT2D eigenvalue weighted by Gasteiger charge is 2.03. The van der Waals surface area contributed by atoms with Crippen LogP contribution in [0.5, 0.6) is 0 Å². The summed E-state index contributed by atoms with van der Waals surface area (Å²) in [5.41, 5.74) is 0. The van der Waals surface area contributed by atoms with Crippen LogP contribution in [0.15, 0.2) is 11.8 Å². The fourth-order valence-electron chi connectivity index (χ4n) is 1.07. The minimum atomic E-state index is 0.936. The van der Waals surface area contributed by atoms with Gasteiger partial charge in [-0.3, -0.25) is 0 Å². The van der Waals surface area contributed by atoms with Crippen LogP contribution in [0.1, 0.15) is 32.6 Å². The molecule has 1 aliphatic rings. The molecule has 1 rings (SSSR count). The largest absolute Gasteiger partial charge is 0.498 e. The molecule has 0 N–H and O–H groups in total. The van der Waals surface area contributed by atoms with Crippen molar-refractivity contribution in [2.24, 2.45) is 0 Å². The van der Waals surface area contributed by atoms with Gasteiger partial charge >= 0.3 is 0 Å². The van der Waals surface area contributed by atoms with Gasteiger partial charge in [0.25, 0.3) is 0 Å². The van der Waals surface area contributed by atoms with Gasteiger partial charge in [-0.15, -0.1) is 0 Å². The van der Waals surface area contributed by atoms with E-state index in [0.29, 0.717) is 0 Å². The molecule has 9 heavy (non-hydrogen) atoms. The van der Waals surface area contributed by atoms with E-state index >= 15 is 0 Å². The number of hydrogen-bond acceptors (Lipinski definition) is 1. The van der Waals surface area contributed by atoms with Gasteiger partial charge in [-0.05, 0) is 25.3 Å². The lowest BCUT2D eigenvalue weighted by molar-refractivity contribution is 0.165. The number of allylic oxidation sites excluding steroid dienone is 2. The van der Waals surface area contributed by atoms with Crippen molar-refractivity contribution in [1.82, 2.24) is 0 Å². The summed E-state index contributed by atoms with van der Waals surface area (Å²) in [6, 6.07) is 0. The second-order valence-corrected chi connectivity index (χ2v) is 2.38. The SMILES string of the molecule is CC/C=C1/CCCCO1. The van der Waals surface area contributed by atoms with Crippen molar-refractivity contribution in [2.45, 2.75) is 32.6 Å². The Morgan fingerprint density at radius 3 is 3.00 bits per heavy atom. The topological polar surface area (TPSA) is 9.23 Å². The molecule has 1 nitrogen and oxygen atoms in total. The maximum atomic E-state index is 5.38. The molecular formula is C8H14O. The first-order chi connectivity index (χ1) is 4.43. The molecule has 0 spiro atoms. The van der Waals surface area contributed by atoms with Gasteiger partial charge < -0.3 is 4.74 Å². The molecule has 1 aliphatic heterocycles. The zero-order valence-corrected chi connectivity index (χ0v) is 6.02. The molecule has 0 aromatic heterocycles. The summed E-state index contributed by atoms with van der Waals surface area (Å²) in [6.45, 7) is 3.08. The number of hydrogen-bond donors (Lipinski definition) is 0. The highest BCUT2D eigenvalue weighted by Crippen LogP contribution is 2.15. The smallest absolute Gasteiger partial charge is 0.0919 e. The molecular weight excluding hydrogens is 112 g/mol. The van der Waals surface area contributed by atoms with E-state index in [-0.39, 0.29) is 0 Å². The van der Waals surface area contributed by atoms with E-state index in [4.69, 9.17) is 4.74 Å². The molecule has 0 radical (unpaired) electrons. The van der Waals surface area contributed by atoms with Gasteiger partial charge in [-0.2, -0.15) is 0 Å². The average molecular weight is 126 g/mol. The summed E-state index contributed by atoms with van der Waals surface area (Å²) in [7, 11) is 0. The van der Waals surface area contributed by atoms with Gasteiger partial charge in [0, 0.05) is 6.42 Å². The fourth-order valence-corrected chi connectivity index (χ4v) is 1.07. The second-order valence-electron chi connectivity index (χ2n) is 2.38. The molecule has 0 amide bonds. The minimum absolute atomic E-state index is 0.936. The second kappa shape index (κ2) is 3.54. The summed E-state index contributed by atoms with van der Waals surface area (Å²) >= 11 is 0. The van der Waals surface area contributed by atoms with Gasteiger partial charge in [0.15, 0.2) is 0 Å². The van der Waals surface area contributed by atoms with E-state index in [1.54, 1.807) is 0 Å². The first kappa shape index (κ1) is 6.66. The Morgan fingerprint density at radius 2 is 2.44 bits per heavy atom. The Kier molecular flexibility index (Phi) is 2.62. The monoisotopic (exact) mass is 126 g/mol. The predicted octanol–water partition coefficient (Wildman–Crippen LogP) is 2.48. The van der Waals surface area contributed by atoms with Crippen LogP contribution in [0.2, 0.25) is 0 Å². The summed E-state index contributed by atoms with van der Waals surface area (Å²) in [5, 5.41) is 0. The third-order valence-corrected chi connectivity index (χ3v) is 1.54. The zero-order valence-electron chi connectivity index (χ0n) is 6.02. The molecule has 1 heterocycles. The lowest BCUT2D eigenvalue weighted by Gasteiger charge is -2.15. The highest BCUT2D eigenvalue weighted by atomic mass is 16.5. The van der Waals surface area contributed by atoms with Crippen LogP contribution in [0.25, 0.3) is 0 Å². The van der Waals surface area contributed by atoms with Gasteiger partial charge in [0.05, 0.1) is 12.4 Å². The van der Waals surface area contributed by atoms with Crippen molar-refractivity contribution >= 4 is 0 Å².